The zero-order valence-electron chi connectivity index (χ0n) is 12.4. The first-order valence-corrected chi connectivity index (χ1v) is 6.36. The highest BCUT2D eigenvalue weighted by molar-refractivity contribution is 6.06. The number of hydrogen-bond acceptors (Lipinski definition) is 5. The third-order valence-corrected chi connectivity index (χ3v) is 3.24. The first-order valence-electron chi connectivity index (χ1n) is 6.36. The van der Waals surface area contributed by atoms with Crippen molar-refractivity contribution in [2.75, 3.05) is 13.6 Å². The summed E-state index contributed by atoms with van der Waals surface area (Å²) in [6.07, 6.45) is 1.37. The number of nitrogens with one attached hydrogen (secondary N) is 2. The summed E-state index contributed by atoms with van der Waals surface area (Å²) >= 11 is 0. The van der Waals surface area contributed by atoms with E-state index in [-0.39, 0.29) is 46.6 Å². The van der Waals surface area contributed by atoms with Gasteiger partial charge in [-0.15, -0.1) is 12.4 Å². The lowest BCUT2D eigenvalue weighted by Crippen LogP contribution is -2.37. The number of amides is 1. The number of rotatable bonds is 4. The summed E-state index contributed by atoms with van der Waals surface area (Å²) in [7, 11) is 3.40. The Hall–Kier alpha value is -1.86. The number of fused-ring (bicyclic) bond motifs is 1. The molecule has 1 atom stereocenters. The molecule has 0 aliphatic rings. The van der Waals surface area contributed by atoms with Crippen LogP contribution in [0.3, 0.4) is 0 Å². The van der Waals surface area contributed by atoms with Gasteiger partial charge in [0.25, 0.3) is 11.5 Å². The van der Waals surface area contributed by atoms with Crippen molar-refractivity contribution in [3.05, 3.63) is 28.0 Å². The van der Waals surface area contributed by atoms with Gasteiger partial charge in [0, 0.05) is 19.6 Å². The molecule has 116 valence electrons. The van der Waals surface area contributed by atoms with E-state index in [1.54, 1.807) is 14.0 Å². The first-order chi connectivity index (χ1) is 9.45. The molecule has 0 saturated carbocycles. The number of aryl methyl sites for hydroxylation is 2. The van der Waals surface area contributed by atoms with Crippen LogP contribution in [0.4, 0.5) is 0 Å². The van der Waals surface area contributed by atoms with E-state index < -0.39 is 0 Å². The van der Waals surface area contributed by atoms with Gasteiger partial charge in [0.1, 0.15) is 17.5 Å². The molecule has 1 amide bonds. The maximum absolute atomic E-state index is 12.2. The zero-order valence-corrected chi connectivity index (χ0v) is 13.2. The topological polar surface area (TPSA) is 89.2 Å². The molecule has 8 heteroatoms. The van der Waals surface area contributed by atoms with Gasteiger partial charge in [0.15, 0.2) is 0 Å². The van der Waals surface area contributed by atoms with Gasteiger partial charge in [-0.1, -0.05) is 0 Å². The van der Waals surface area contributed by atoms with Crippen LogP contribution in [0.5, 0.6) is 0 Å². The molecule has 2 rings (SSSR count). The van der Waals surface area contributed by atoms with Crippen molar-refractivity contribution < 1.29 is 9.21 Å². The molecular weight excluding hydrogens is 296 g/mol. The Morgan fingerprint density at radius 3 is 2.81 bits per heavy atom. The fourth-order valence-electron chi connectivity index (χ4n) is 1.90. The monoisotopic (exact) mass is 314 g/mol. The fourth-order valence-corrected chi connectivity index (χ4v) is 1.90. The SMILES string of the molecule is CNC(C)CNC(=O)c1c(C)oc2ncn(C)c(=O)c12.Cl. The highest BCUT2D eigenvalue weighted by atomic mass is 35.5. The third-order valence-electron chi connectivity index (χ3n) is 3.24. The lowest BCUT2D eigenvalue weighted by molar-refractivity contribution is 0.0950. The summed E-state index contributed by atoms with van der Waals surface area (Å²) in [4.78, 5) is 28.4. The Bertz CT molecular complexity index is 707. The van der Waals surface area contributed by atoms with E-state index in [0.29, 0.717) is 12.3 Å². The number of furan rings is 1. The molecule has 0 fully saturated rings. The van der Waals surface area contributed by atoms with Crippen molar-refractivity contribution in [2.45, 2.75) is 19.9 Å². The quantitative estimate of drug-likeness (QED) is 0.862. The van der Waals surface area contributed by atoms with Gasteiger partial charge in [-0.05, 0) is 20.9 Å². The minimum Gasteiger partial charge on any atom is -0.442 e. The Labute approximate surface area is 128 Å². The van der Waals surface area contributed by atoms with E-state index in [9.17, 15) is 9.59 Å². The van der Waals surface area contributed by atoms with Gasteiger partial charge < -0.3 is 19.6 Å². The molecule has 0 aromatic carbocycles. The molecule has 0 saturated heterocycles. The van der Waals surface area contributed by atoms with Gasteiger partial charge in [-0.25, -0.2) is 4.98 Å². The van der Waals surface area contributed by atoms with Crippen LogP contribution in [-0.2, 0) is 7.05 Å². The maximum atomic E-state index is 12.2. The van der Waals surface area contributed by atoms with Crippen LogP contribution >= 0.6 is 12.4 Å². The molecule has 2 aromatic heterocycles. The summed E-state index contributed by atoms with van der Waals surface area (Å²) in [5.74, 6) is 0.0684. The number of carbonyl (C=O) groups excluding carboxylic acids is 1. The van der Waals surface area contributed by atoms with Crippen molar-refractivity contribution in [2.24, 2.45) is 7.05 Å². The molecule has 0 aliphatic heterocycles. The standard InChI is InChI=1S/C13H18N4O3.ClH/c1-7(14-3)5-15-11(18)9-8(2)20-12-10(9)13(19)17(4)6-16-12;/h6-7,14H,5H2,1-4H3,(H,15,18);1H. The molecule has 2 heterocycles. The average Bonchev–Trinajstić information content (AvgIpc) is 2.77. The maximum Gasteiger partial charge on any atom is 0.265 e. The number of carbonyl (C=O) groups is 1. The Morgan fingerprint density at radius 2 is 2.19 bits per heavy atom. The van der Waals surface area contributed by atoms with E-state index in [2.05, 4.69) is 15.6 Å². The van der Waals surface area contributed by atoms with Crippen LogP contribution in [-0.4, -0.2) is 35.1 Å². The molecule has 0 aliphatic carbocycles. The summed E-state index contributed by atoms with van der Waals surface area (Å²) in [5, 5.41) is 6.02. The number of likely N-dealkylation sites (N-methyl/N-ethyl adjacent to an activating group) is 1. The van der Waals surface area contributed by atoms with Gasteiger partial charge >= 0.3 is 0 Å². The Balaban J connectivity index is 0.00000220. The summed E-state index contributed by atoms with van der Waals surface area (Å²) in [6, 6.07) is 0.137. The third kappa shape index (κ3) is 3.25. The molecule has 0 spiro atoms. The second kappa shape index (κ2) is 6.73. The molecule has 0 bridgehead atoms. The lowest BCUT2D eigenvalue weighted by atomic mass is 10.1. The summed E-state index contributed by atoms with van der Waals surface area (Å²) in [6.45, 7) is 4.06. The van der Waals surface area contributed by atoms with Gasteiger partial charge in [-0.2, -0.15) is 0 Å². The van der Waals surface area contributed by atoms with Crippen molar-refractivity contribution in [3.63, 3.8) is 0 Å². The normalized spacial score (nSPS) is 12.0. The van der Waals surface area contributed by atoms with Gasteiger partial charge in [0.05, 0.1) is 5.56 Å². The van der Waals surface area contributed by atoms with Crippen LogP contribution in [0, 0.1) is 6.92 Å². The molecule has 2 N–H and O–H groups in total. The Kier molecular flexibility index (Phi) is 5.51. The van der Waals surface area contributed by atoms with Crippen LogP contribution in [0.2, 0.25) is 0 Å². The van der Waals surface area contributed by atoms with Crippen LogP contribution < -0.4 is 16.2 Å². The molecular formula is C13H19ClN4O3. The van der Waals surface area contributed by atoms with E-state index >= 15 is 0 Å². The Morgan fingerprint density at radius 1 is 1.52 bits per heavy atom. The summed E-state index contributed by atoms with van der Waals surface area (Å²) in [5.41, 5.74) is 0.160. The largest absolute Gasteiger partial charge is 0.442 e. The van der Waals surface area contributed by atoms with Crippen LogP contribution in [0.25, 0.3) is 11.1 Å². The summed E-state index contributed by atoms with van der Waals surface area (Å²) < 4.78 is 6.71. The molecule has 1 unspecified atom stereocenters. The van der Waals surface area contributed by atoms with Gasteiger partial charge in [0.2, 0.25) is 5.71 Å². The second-order valence-corrected chi connectivity index (χ2v) is 4.77. The fraction of sp³-hybridized carbons (Fsp3) is 0.462. The van der Waals surface area contributed by atoms with Crippen LogP contribution in [0.15, 0.2) is 15.5 Å². The molecule has 0 radical (unpaired) electrons. The first kappa shape index (κ1) is 17.2. The van der Waals surface area contributed by atoms with E-state index in [0.717, 1.165) is 0 Å². The second-order valence-electron chi connectivity index (χ2n) is 4.77. The molecule has 21 heavy (non-hydrogen) atoms. The minimum absolute atomic E-state index is 0. The van der Waals surface area contributed by atoms with Crippen molar-refractivity contribution >= 4 is 29.4 Å². The molecule has 2 aromatic rings. The predicted molar refractivity (Wildman–Crippen MR) is 82.1 cm³/mol. The number of hydrogen-bond donors (Lipinski definition) is 2. The van der Waals surface area contributed by atoms with Crippen molar-refractivity contribution in [1.82, 2.24) is 20.2 Å². The van der Waals surface area contributed by atoms with E-state index in [1.165, 1.54) is 10.9 Å². The van der Waals surface area contributed by atoms with Crippen LogP contribution in [0.1, 0.15) is 23.0 Å². The molecule has 7 nitrogen and oxygen atoms in total. The lowest BCUT2D eigenvalue weighted by Gasteiger charge is -2.11. The van der Waals surface area contributed by atoms with E-state index in [1.807, 2.05) is 14.0 Å². The van der Waals surface area contributed by atoms with E-state index in [4.69, 9.17) is 4.42 Å². The number of halogens is 1. The van der Waals surface area contributed by atoms with Crippen molar-refractivity contribution in [3.8, 4) is 0 Å². The minimum atomic E-state index is -0.326. The zero-order chi connectivity index (χ0) is 14.9. The predicted octanol–water partition coefficient (Wildman–Crippen LogP) is 0.594. The number of nitrogens with zero attached hydrogens (tertiary/aromatic N) is 2. The highest BCUT2D eigenvalue weighted by Crippen LogP contribution is 2.20. The highest BCUT2D eigenvalue weighted by Gasteiger charge is 2.22. The van der Waals surface area contributed by atoms with Gasteiger partial charge in [-0.3, -0.25) is 9.59 Å². The average molecular weight is 315 g/mol. The smallest absolute Gasteiger partial charge is 0.265 e. The number of aromatic nitrogens is 2. The van der Waals surface area contributed by atoms with Crippen molar-refractivity contribution in [1.29, 1.82) is 0 Å².